The van der Waals surface area contributed by atoms with Crippen molar-refractivity contribution in [3.63, 3.8) is 0 Å². The molecule has 31 heavy (non-hydrogen) atoms. The summed E-state index contributed by atoms with van der Waals surface area (Å²) in [5, 5.41) is 22.4. The fourth-order valence-electron chi connectivity index (χ4n) is 3.58. The number of hydrogen-bond acceptors (Lipinski definition) is 3. The van der Waals surface area contributed by atoms with E-state index >= 15 is 0 Å². The summed E-state index contributed by atoms with van der Waals surface area (Å²) in [4.78, 5) is 12.1. The lowest BCUT2D eigenvalue weighted by molar-refractivity contribution is -0.123. The second-order valence-electron chi connectivity index (χ2n) is 8.75. The van der Waals surface area contributed by atoms with E-state index in [2.05, 4.69) is 31.3 Å². The highest BCUT2D eigenvalue weighted by molar-refractivity contribution is 5.76. The molecule has 182 valence electrons. The lowest BCUT2D eigenvalue weighted by Crippen LogP contribution is -2.45. The third-order valence-electron chi connectivity index (χ3n) is 5.68. The number of nitrogens with one attached hydrogen (secondary N) is 1. The Balaban J connectivity index is 3.71. The lowest BCUT2D eigenvalue weighted by Gasteiger charge is -2.20. The topological polar surface area (TPSA) is 69.6 Å². The molecule has 0 rings (SSSR count). The van der Waals surface area contributed by atoms with Crippen LogP contribution in [0.15, 0.2) is 24.3 Å². The molecule has 0 bridgehead atoms. The molecule has 0 radical (unpaired) electrons. The SMILES string of the molecule is CCCCCC/C=C\CCCCCCCC(=O)NC(CO)C(O)/C=C/CCCCCC. The summed E-state index contributed by atoms with van der Waals surface area (Å²) in [6, 6.07) is -0.617. The summed E-state index contributed by atoms with van der Waals surface area (Å²) in [6.07, 6.45) is 26.8. The van der Waals surface area contributed by atoms with Crippen molar-refractivity contribution in [3.05, 3.63) is 24.3 Å². The number of allylic oxidation sites excluding steroid dienone is 3. The van der Waals surface area contributed by atoms with E-state index in [1.165, 1.54) is 64.2 Å². The van der Waals surface area contributed by atoms with E-state index in [1.54, 1.807) is 6.08 Å². The van der Waals surface area contributed by atoms with E-state index in [1.807, 2.05) is 6.08 Å². The zero-order chi connectivity index (χ0) is 23.0. The third-order valence-corrected chi connectivity index (χ3v) is 5.68. The Bertz CT molecular complexity index is 448. The molecule has 0 aliphatic carbocycles. The molecule has 2 atom stereocenters. The van der Waals surface area contributed by atoms with Crippen molar-refractivity contribution in [1.29, 1.82) is 0 Å². The van der Waals surface area contributed by atoms with Crippen LogP contribution in [0.4, 0.5) is 0 Å². The Kier molecular flexibility index (Phi) is 22.7. The summed E-state index contributed by atoms with van der Waals surface area (Å²) in [7, 11) is 0. The minimum Gasteiger partial charge on any atom is -0.394 e. The molecule has 3 N–H and O–H groups in total. The number of aliphatic hydroxyl groups is 2. The number of amides is 1. The molecule has 0 fully saturated rings. The van der Waals surface area contributed by atoms with E-state index < -0.39 is 12.1 Å². The largest absolute Gasteiger partial charge is 0.394 e. The zero-order valence-corrected chi connectivity index (χ0v) is 20.5. The van der Waals surface area contributed by atoms with Gasteiger partial charge in [0.05, 0.1) is 18.8 Å². The summed E-state index contributed by atoms with van der Waals surface area (Å²) in [5.41, 5.74) is 0. The molecule has 2 unspecified atom stereocenters. The average Bonchev–Trinajstić information content (AvgIpc) is 2.77. The molecule has 0 aliphatic heterocycles. The number of rotatable bonds is 22. The highest BCUT2D eigenvalue weighted by atomic mass is 16.3. The van der Waals surface area contributed by atoms with Gasteiger partial charge < -0.3 is 15.5 Å². The molecular formula is C27H51NO3. The predicted molar refractivity (Wildman–Crippen MR) is 133 cm³/mol. The van der Waals surface area contributed by atoms with Gasteiger partial charge in [-0.2, -0.15) is 0 Å². The van der Waals surface area contributed by atoms with Gasteiger partial charge in [0.1, 0.15) is 0 Å². The van der Waals surface area contributed by atoms with Gasteiger partial charge in [-0.15, -0.1) is 0 Å². The first-order valence-corrected chi connectivity index (χ1v) is 13.1. The Labute approximate surface area is 192 Å². The van der Waals surface area contributed by atoms with Gasteiger partial charge in [-0.1, -0.05) is 95.9 Å². The van der Waals surface area contributed by atoms with Crippen LogP contribution in [0.3, 0.4) is 0 Å². The van der Waals surface area contributed by atoms with E-state index in [4.69, 9.17) is 0 Å². The van der Waals surface area contributed by atoms with Crippen LogP contribution in [-0.4, -0.2) is 34.9 Å². The van der Waals surface area contributed by atoms with Gasteiger partial charge >= 0.3 is 0 Å². The summed E-state index contributed by atoms with van der Waals surface area (Å²) < 4.78 is 0. The number of unbranched alkanes of at least 4 members (excludes halogenated alkanes) is 13. The van der Waals surface area contributed by atoms with E-state index in [0.29, 0.717) is 6.42 Å². The van der Waals surface area contributed by atoms with Crippen molar-refractivity contribution in [2.45, 2.75) is 135 Å². The summed E-state index contributed by atoms with van der Waals surface area (Å²) in [6.45, 7) is 4.18. The van der Waals surface area contributed by atoms with Crippen LogP contribution in [0.2, 0.25) is 0 Å². The first-order valence-electron chi connectivity index (χ1n) is 13.1. The lowest BCUT2D eigenvalue weighted by atomic mass is 10.1. The molecule has 4 nitrogen and oxygen atoms in total. The molecule has 0 saturated carbocycles. The minimum atomic E-state index is -0.833. The molecule has 0 spiro atoms. The van der Waals surface area contributed by atoms with Crippen LogP contribution >= 0.6 is 0 Å². The van der Waals surface area contributed by atoms with E-state index in [-0.39, 0.29) is 12.5 Å². The molecular weight excluding hydrogens is 386 g/mol. The molecule has 0 aliphatic rings. The van der Waals surface area contributed by atoms with Crippen LogP contribution in [-0.2, 0) is 4.79 Å². The fraction of sp³-hybridized carbons (Fsp3) is 0.815. The van der Waals surface area contributed by atoms with E-state index in [0.717, 1.165) is 38.5 Å². The summed E-state index contributed by atoms with van der Waals surface area (Å²) in [5.74, 6) is -0.0829. The average molecular weight is 438 g/mol. The Hall–Kier alpha value is -1.13. The van der Waals surface area contributed by atoms with E-state index in [9.17, 15) is 15.0 Å². The Morgan fingerprint density at radius 3 is 1.77 bits per heavy atom. The van der Waals surface area contributed by atoms with Crippen molar-refractivity contribution >= 4 is 5.91 Å². The fourth-order valence-corrected chi connectivity index (χ4v) is 3.58. The number of aliphatic hydroxyl groups excluding tert-OH is 2. The number of hydrogen-bond donors (Lipinski definition) is 3. The van der Waals surface area contributed by atoms with Crippen molar-refractivity contribution in [2.24, 2.45) is 0 Å². The Morgan fingerprint density at radius 1 is 0.742 bits per heavy atom. The quantitative estimate of drug-likeness (QED) is 0.132. The second kappa shape index (κ2) is 23.5. The smallest absolute Gasteiger partial charge is 0.220 e. The van der Waals surface area contributed by atoms with Gasteiger partial charge in [-0.3, -0.25) is 4.79 Å². The first kappa shape index (κ1) is 29.9. The Morgan fingerprint density at radius 2 is 1.23 bits per heavy atom. The first-order chi connectivity index (χ1) is 15.2. The van der Waals surface area contributed by atoms with Gasteiger partial charge in [0, 0.05) is 6.42 Å². The highest BCUT2D eigenvalue weighted by Crippen LogP contribution is 2.09. The molecule has 0 aromatic rings. The second-order valence-corrected chi connectivity index (χ2v) is 8.75. The maximum atomic E-state index is 12.1. The van der Waals surface area contributed by atoms with Crippen LogP contribution in [0.1, 0.15) is 123 Å². The number of carbonyl (C=O) groups excluding carboxylic acids is 1. The van der Waals surface area contributed by atoms with Crippen molar-refractivity contribution < 1.29 is 15.0 Å². The van der Waals surface area contributed by atoms with Gasteiger partial charge in [0.2, 0.25) is 5.91 Å². The third kappa shape index (κ3) is 20.5. The highest BCUT2D eigenvalue weighted by Gasteiger charge is 2.17. The van der Waals surface area contributed by atoms with Crippen LogP contribution in [0.25, 0.3) is 0 Å². The molecule has 4 heteroatoms. The molecule has 0 saturated heterocycles. The normalized spacial score (nSPS) is 13.8. The van der Waals surface area contributed by atoms with Crippen molar-refractivity contribution in [1.82, 2.24) is 5.32 Å². The molecule has 0 aromatic carbocycles. The minimum absolute atomic E-state index is 0.0829. The van der Waals surface area contributed by atoms with Gasteiger partial charge in [0.15, 0.2) is 0 Å². The predicted octanol–water partition coefficient (Wildman–Crippen LogP) is 6.61. The molecule has 0 heterocycles. The molecule has 0 aromatic heterocycles. The maximum absolute atomic E-state index is 12.1. The van der Waals surface area contributed by atoms with Crippen molar-refractivity contribution in [2.75, 3.05) is 6.61 Å². The number of carbonyl (C=O) groups is 1. The standard InChI is InChI=1S/C27H51NO3/c1-3-5-7-9-11-12-13-14-15-16-17-19-21-23-27(31)28-25(24-29)26(30)22-20-18-10-8-6-4-2/h12-13,20,22,25-26,29-30H,3-11,14-19,21,23-24H2,1-2H3,(H,28,31)/b13-12-,22-20+. The van der Waals surface area contributed by atoms with Crippen molar-refractivity contribution in [3.8, 4) is 0 Å². The van der Waals surface area contributed by atoms with Crippen LogP contribution in [0.5, 0.6) is 0 Å². The zero-order valence-electron chi connectivity index (χ0n) is 20.5. The van der Waals surface area contributed by atoms with Gasteiger partial charge in [-0.05, 0) is 44.9 Å². The van der Waals surface area contributed by atoms with Gasteiger partial charge in [0.25, 0.3) is 0 Å². The molecule has 1 amide bonds. The van der Waals surface area contributed by atoms with Gasteiger partial charge in [-0.25, -0.2) is 0 Å². The monoisotopic (exact) mass is 437 g/mol. The van der Waals surface area contributed by atoms with Crippen LogP contribution in [0, 0.1) is 0 Å². The van der Waals surface area contributed by atoms with Crippen LogP contribution < -0.4 is 5.32 Å². The maximum Gasteiger partial charge on any atom is 0.220 e. The summed E-state index contributed by atoms with van der Waals surface area (Å²) >= 11 is 0.